The summed E-state index contributed by atoms with van der Waals surface area (Å²) in [5.74, 6) is 5.03. The van der Waals surface area contributed by atoms with E-state index in [9.17, 15) is 0 Å². The van der Waals surface area contributed by atoms with Crippen LogP contribution in [-0.4, -0.2) is 72.8 Å². The Labute approximate surface area is 111 Å². The van der Waals surface area contributed by atoms with Gasteiger partial charge in [-0.25, -0.2) is 0 Å². The van der Waals surface area contributed by atoms with Gasteiger partial charge in [-0.1, -0.05) is 11.8 Å². The van der Waals surface area contributed by atoms with Crippen LogP contribution in [0, 0.1) is 11.8 Å². The van der Waals surface area contributed by atoms with Crippen LogP contribution >= 0.6 is 0 Å². The van der Waals surface area contributed by atoms with Crippen LogP contribution in [0.5, 0.6) is 0 Å². The zero-order chi connectivity index (χ0) is 8.41. The fourth-order valence-electron chi connectivity index (χ4n) is 0.306. The van der Waals surface area contributed by atoms with Gasteiger partial charge in [0.1, 0.15) is 11.2 Å². The van der Waals surface area contributed by atoms with Gasteiger partial charge in [-0.05, 0) is 27.7 Å². The summed E-state index contributed by atoms with van der Waals surface area (Å²) in [6.45, 7) is 6.30. The van der Waals surface area contributed by atoms with Crippen molar-refractivity contribution < 1.29 is 10.2 Å². The Morgan fingerprint density at radius 1 is 0.818 bits per heavy atom. The first kappa shape index (κ1) is 14.6. The van der Waals surface area contributed by atoms with E-state index in [1.165, 1.54) is 0 Å². The molecule has 0 unspecified atom stereocenters. The molecule has 0 aliphatic carbocycles. The standard InChI is InChI=1S/C8H14O2.K.H/c1-7(2,9)5-6-8(3,4)10;;/h9-10H,1-4H3;;. The van der Waals surface area contributed by atoms with Crippen LogP contribution in [-0.2, 0) is 0 Å². The van der Waals surface area contributed by atoms with Gasteiger partial charge in [0, 0.05) is 0 Å². The van der Waals surface area contributed by atoms with Crippen molar-refractivity contribution in [3.8, 4) is 11.8 Å². The van der Waals surface area contributed by atoms with Gasteiger partial charge in [0.25, 0.3) is 0 Å². The SMILES string of the molecule is CC(C)(O)C#CC(C)(C)O.[KH]. The molecule has 0 spiro atoms. The molecule has 0 radical (unpaired) electrons. The van der Waals surface area contributed by atoms with E-state index < -0.39 is 11.2 Å². The molecule has 2 N–H and O–H groups in total. The summed E-state index contributed by atoms with van der Waals surface area (Å²) >= 11 is 0. The van der Waals surface area contributed by atoms with E-state index in [1.807, 2.05) is 0 Å². The Bertz CT molecular complexity index is 145. The monoisotopic (exact) mass is 182 g/mol. The molecule has 0 saturated heterocycles. The molecule has 2 nitrogen and oxygen atoms in total. The van der Waals surface area contributed by atoms with E-state index in [1.54, 1.807) is 27.7 Å². The van der Waals surface area contributed by atoms with Crippen LogP contribution in [0.2, 0.25) is 0 Å². The van der Waals surface area contributed by atoms with Gasteiger partial charge in [-0.3, -0.25) is 0 Å². The van der Waals surface area contributed by atoms with Crippen molar-refractivity contribution >= 4 is 51.4 Å². The molecule has 60 valence electrons. The summed E-state index contributed by atoms with van der Waals surface area (Å²) in [6, 6.07) is 0. The molecule has 0 fully saturated rings. The van der Waals surface area contributed by atoms with Gasteiger partial charge in [0.15, 0.2) is 0 Å². The van der Waals surface area contributed by atoms with Crippen molar-refractivity contribution in [2.24, 2.45) is 0 Å². The summed E-state index contributed by atoms with van der Waals surface area (Å²) in [7, 11) is 0. The number of aliphatic hydroxyl groups is 2. The zero-order valence-corrected chi connectivity index (χ0v) is 6.89. The molecular weight excluding hydrogens is 167 g/mol. The summed E-state index contributed by atoms with van der Waals surface area (Å²) < 4.78 is 0. The molecule has 0 aliphatic heterocycles. The van der Waals surface area contributed by atoms with E-state index in [-0.39, 0.29) is 51.4 Å². The first-order valence-electron chi connectivity index (χ1n) is 3.20. The number of hydrogen-bond acceptors (Lipinski definition) is 2. The van der Waals surface area contributed by atoms with E-state index >= 15 is 0 Å². The predicted octanol–water partition coefficient (Wildman–Crippen LogP) is -0.117. The molecule has 0 atom stereocenters. The summed E-state index contributed by atoms with van der Waals surface area (Å²) in [6.07, 6.45) is 0. The fourth-order valence-corrected chi connectivity index (χ4v) is 0.306. The van der Waals surface area contributed by atoms with Gasteiger partial charge < -0.3 is 10.2 Å². The molecule has 0 amide bonds. The summed E-state index contributed by atoms with van der Waals surface area (Å²) in [4.78, 5) is 0. The molecule has 0 bridgehead atoms. The van der Waals surface area contributed by atoms with E-state index in [4.69, 9.17) is 10.2 Å². The van der Waals surface area contributed by atoms with Gasteiger partial charge in [-0.15, -0.1) is 0 Å². The van der Waals surface area contributed by atoms with Gasteiger partial charge >= 0.3 is 51.4 Å². The first-order valence-corrected chi connectivity index (χ1v) is 3.20. The molecule has 0 aromatic carbocycles. The van der Waals surface area contributed by atoms with Crippen LogP contribution in [0.4, 0.5) is 0 Å². The van der Waals surface area contributed by atoms with Crippen LogP contribution in [0.3, 0.4) is 0 Å². The maximum atomic E-state index is 9.10. The summed E-state index contributed by atoms with van der Waals surface area (Å²) in [5, 5.41) is 18.2. The van der Waals surface area contributed by atoms with Crippen molar-refractivity contribution in [2.45, 2.75) is 38.9 Å². The van der Waals surface area contributed by atoms with Crippen molar-refractivity contribution in [2.75, 3.05) is 0 Å². The molecule has 0 rings (SSSR count). The molecule has 0 aliphatic rings. The normalized spacial score (nSPS) is 11.1. The minimum atomic E-state index is -1.01. The molecule has 11 heavy (non-hydrogen) atoms. The van der Waals surface area contributed by atoms with E-state index in [0.717, 1.165) is 0 Å². The molecule has 0 aromatic rings. The van der Waals surface area contributed by atoms with Crippen LogP contribution in [0.25, 0.3) is 0 Å². The van der Waals surface area contributed by atoms with Crippen LogP contribution in [0.15, 0.2) is 0 Å². The van der Waals surface area contributed by atoms with Crippen LogP contribution in [0.1, 0.15) is 27.7 Å². The predicted molar refractivity (Wildman–Crippen MR) is 47.5 cm³/mol. The number of hydrogen-bond donors (Lipinski definition) is 2. The quantitative estimate of drug-likeness (QED) is 0.405. The number of rotatable bonds is 0. The second-order valence-electron chi connectivity index (χ2n) is 3.37. The fraction of sp³-hybridized carbons (Fsp3) is 0.750. The maximum absolute atomic E-state index is 9.10. The Morgan fingerprint density at radius 2 is 1.00 bits per heavy atom. The Hall–Kier alpha value is 1.12. The minimum absolute atomic E-state index is 0. The van der Waals surface area contributed by atoms with E-state index in [2.05, 4.69) is 11.8 Å². The molecule has 0 aromatic heterocycles. The zero-order valence-electron chi connectivity index (χ0n) is 6.89. The third-order valence-electron chi connectivity index (χ3n) is 0.674. The molecule has 0 heterocycles. The van der Waals surface area contributed by atoms with Gasteiger partial charge in [0.2, 0.25) is 0 Å². The molecule has 0 saturated carbocycles. The first-order chi connectivity index (χ1) is 4.21. The molecular formula is C8H15KO2. The third kappa shape index (κ3) is 14.0. The topological polar surface area (TPSA) is 40.5 Å². The van der Waals surface area contributed by atoms with Crippen LogP contribution < -0.4 is 0 Å². The van der Waals surface area contributed by atoms with Gasteiger partial charge in [-0.2, -0.15) is 0 Å². The average Bonchev–Trinajstić information content (AvgIpc) is 1.57. The average molecular weight is 182 g/mol. The van der Waals surface area contributed by atoms with E-state index in [0.29, 0.717) is 0 Å². The van der Waals surface area contributed by atoms with Gasteiger partial charge in [0.05, 0.1) is 0 Å². The Kier molecular flexibility index (Phi) is 6.62. The molecule has 3 heteroatoms. The van der Waals surface area contributed by atoms with Crippen molar-refractivity contribution in [1.82, 2.24) is 0 Å². The second kappa shape index (κ2) is 4.98. The van der Waals surface area contributed by atoms with Crippen molar-refractivity contribution in [3.05, 3.63) is 0 Å². The van der Waals surface area contributed by atoms with Crippen molar-refractivity contribution in [3.63, 3.8) is 0 Å². The third-order valence-corrected chi connectivity index (χ3v) is 0.674. The Morgan fingerprint density at radius 3 is 1.09 bits per heavy atom. The van der Waals surface area contributed by atoms with Crippen molar-refractivity contribution in [1.29, 1.82) is 0 Å². The summed E-state index contributed by atoms with van der Waals surface area (Å²) in [5.41, 5.74) is -2.03. The Balaban J connectivity index is 0. The second-order valence-corrected chi connectivity index (χ2v) is 3.37.